The van der Waals surface area contributed by atoms with Crippen LogP contribution in [0.5, 0.6) is 5.75 Å². The van der Waals surface area contributed by atoms with Crippen LogP contribution in [0.2, 0.25) is 0 Å². The average Bonchev–Trinajstić information content (AvgIpc) is 2.30. The first-order chi connectivity index (χ1) is 7.54. The van der Waals surface area contributed by atoms with Crippen molar-refractivity contribution < 1.29 is 14.3 Å². The van der Waals surface area contributed by atoms with Crippen molar-refractivity contribution in [2.24, 2.45) is 5.73 Å². The number of esters is 1. The van der Waals surface area contributed by atoms with E-state index in [1.54, 1.807) is 19.1 Å². The number of hydrogen-bond donors (Lipinski definition) is 1. The standard InChI is InChI=1S/C11H14BrNO3/c1-7(10(13)11(14)15-2)16-9-5-3-8(12)4-6-9/h3-7,10H,13H2,1-2H3/t7-,10+/m1/s1. The van der Waals surface area contributed by atoms with Crippen LogP contribution in [-0.4, -0.2) is 25.2 Å². The van der Waals surface area contributed by atoms with Gasteiger partial charge in [0.05, 0.1) is 7.11 Å². The molecule has 0 fully saturated rings. The molecule has 88 valence electrons. The number of carbonyl (C=O) groups excluding carboxylic acids is 1. The number of benzene rings is 1. The van der Waals surface area contributed by atoms with Crippen molar-refractivity contribution in [1.29, 1.82) is 0 Å². The Labute approximate surface area is 103 Å². The second-order valence-electron chi connectivity index (χ2n) is 3.33. The highest BCUT2D eigenvalue weighted by molar-refractivity contribution is 9.10. The molecule has 0 heterocycles. The highest BCUT2D eigenvalue weighted by atomic mass is 79.9. The van der Waals surface area contributed by atoms with Gasteiger partial charge in [-0.3, -0.25) is 4.79 Å². The molecule has 0 bridgehead atoms. The number of rotatable bonds is 4. The Morgan fingerprint density at radius 3 is 2.44 bits per heavy atom. The Kier molecular flexibility index (Phi) is 4.76. The zero-order chi connectivity index (χ0) is 12.1. The summed E-state index contributed by atoms with van der Waals surface area (Å²) in [7, 11) is 1.30. The lowest BCUT2D eigenvalue weighted by Gasteiger charge is -2.19. The van der Waals surface area contributed by atoms with Gasteiger partial charge in [-0.1, -0.05) is 15.9 Å². The molecule has 0 unspecified atom stereocenters. The molecule has 0 aliphatic carbocycles. The molecule has 0 amide bonds. The summed E-state index contributed by atoms with van der Waals surface area (Å²) >= 11 is 3.32. The Balaban J connectivity index is 2.60. The second-order valence-corrected chi connectivity index (χ2v) is 4.24. The van der Waals surface area contributed by atoms with E-state index in [0.717, 1.165) is 4.47 Å². The van der Waals surface area contributed by atoms with Crippen molar-refractivity contribution in [2.75, 3.05) is 7.11 Å². The molecule has 1 aromatic carbocycles. The molecule has 16 heavy (non-hydrogen) atoms. The number of ether oxygens (including phenoxy) is 2. The molecule has 0 radical (unpaired) electrons. The maximum absolute atomic E-state index is 11.2. The topological polar surface area (TPSA) is 61.5 Å². The van der Waals surface area contributed by atoms with Gasteiger partial charge in [0.2, 0.25) is 0 Å². The van der Waals surface area contributed by atoms with Gasteiger partial charge < -0.3 is 15.2 Å². The van der Waals surface area contributed by atoms with Crippen LogP contribution in [0.1, 0.15) is 6.92 Å². The van der Waals surface area contributed by atoms with Gasteiger partial charge in [-0.25, -0.2) is 0 Å². The molecule has 5 heteroatoms. The molecular weight excluding hydrogens is 274 g/mol. The number of carbonyl (C=O) groups is 1. The van der Waals surface area contributed by atoms with Crippen LogP contribution in [0.4, 0.5) is 0 Å². The van der Waals surface area contributed by atoms with E-state index in [-0.39, 0.29) is 0 Å². The Morgan fingerprint density at radius 1 is 1.38 bits per heavy atom. The fraction of sp³-hybridized carbons (Fsp3) is 0.364. The highest BCUT2D eigenvalue weighted by Gasteiger charge is 2.22. The molecule has 0 aromatic heterocycles. The second kappa shape index (κ2) is 5.86. The van der Waals surface area contributed by atoms with Crippen LogP contribution in [0, 0.1) is 0 Å². The minimum Gasteiger partial charge on any atom is -0.488 e. The van der Waals surface area contributed by atoms with E-state index in [9.17, 15) is 4.79 Å². The number of hydrogen-bond acceptors (Lipinski definition) is 4. The summed E-state index contributed by atoms with van der Waals surface area (Å²) in [5.41, 5.74) is 5.64. The van der Waals surface area contributed by atoms with E-state index in [1.807, 2.05) is 12.1 Å². The van der Waals surface area contributed by atoms with Gasteiger partial charge in [-0.05, 0) is 31.2 Å². The van der Waals surface area contributed by atoms with E-state index in [1.165, 1.54) is 7.11 Å². The van der Waals surface area contributed by atoms with Gasteiger partial charge in [-0.15, -0.1) is 0 Å². The molecule has 0 saturated carbocycles. The third-order valence-corrected chi connectivity index (χ3v) is 2.64. The van der Waals surface area contributed by atoms with Crippen molar-refractivity contribution in [2.45, 2.75) is 19.1 Å². The van der Waals surface area contributed by atoms with Crippen molar-refractivity contribution in [3.05, 3.63) is 28.7 Å². The summed E-state index contributed by atoms with van der Waals surface area (Å²) in [4.78, 5) is 11.2. The lowest BCUT2D eigenvalue weighted by Crippen LogP contribution is -2.44. The molecular formula is C11H14BrNO3. The Bertz CT molecular complexity index is 353. The van der Waals surface area contributed by atoms with Gasteiger partial charge in [0.25, 0.3) is 0 Å². The van der Waals surface area contributed by atoms with Gasteiger partial charge in [0.1, 0.15) is 17.9 Å². The maximum atomic E-state index is 11.2. The minimum absolute atomic E-state index is 0.436. The summed E-state index contributed by atoms with van der Waals surface area (Å²) in [6.45, 7) is 1.73. The third-order valence-electron chi connectivity index (χ3n) is 2.11. The summed E-state index contributed by atoms with van der Waals surface area (Å²) in [5.74, 6) is 0.180. The fourth-order valence-corrected chi connectivity index (χ4v) is 1.39. The van der Waals surface area contributed by atoms with Crippen LogP contribution in [0.15, 0.2) is 28.7 Å². The van der Waals surface area contributed by atoms with Gasteiger partial charge >= 0.3 is 5.97 Å². The molecule has 1 aromatic rings. The number of methoxy groups -OCH3 is 1. The van der Waals surface area contributed by atoms with Gasteiger partial charge in [0.15, 0.2) is 0 Å². The fourth-order valence-electron chi connectivity index (χ4n) is 1.13. The van der Waals surface area contributed by atoms with Crippen molar-refractivity contribution in [3.63, 3.8) is 0 Å². The molecule has 0 aliphatic rings. The molecule has 2 atom stereocenters. The smallest absolute Gasteiger partial charge is 0.326 e. The zero-order valence-electron chi connectivity index (χ0n) is 9.14. The third kappa shape index (κ3) is 3.50. The quantitative estimate of drug-likeness (QED) is 0.857. The summed E-state index contributed by atoms with van der Waals surface area (Å²) in [5, 5.41) is 0. The SMILES string of the molecule is COC(=O)[C@@H](N)[C@@H](C)Oc1ccc(Br)cc1. The van der Waals surface area contributed by atoms with Crippen molar-refractivity contribution in [1.82, 2.24) is 0 Å². The van der Waals surface area contributed by atoms with Crippen LogP contribution in [0.25, 0.3) is 0 Å². The van der Waals surface area contributed by atoms with Crippen LogP contribution in [0.3, 0.4) is 0 Å². The van der Waals surface area contributed by atoms with Crippen LogP contribution in [-0.2, 0) is 9.53 Å². The lowest BCUT2D eigenvalue weighted by atomic mass is 10.2. The summed E-state index contributed by atoms with van der Waals surface area (Å²) < 4.78 is 11.0. The Hall–Kier alpha value is -1.07. The molecule has 2 N–H and O–H groups in total. The van der Waals surface area contributed by atoms with Gasteiger partial charge in [0, 0.05) is 4.47 Å². The van der Waals surface area contributed by atoms with E-state index in [2.05, 4.69) is 20.7 Å². The molecule has 0 spiro atoms. The van der Waals surface area contributed by atoms with E-state index < -0.39 is 18.1 Å². The minimum atomic E-state index is -0.784. The first kappa shape index (κ1) is 13.0. The van der Waals surface area contributed by atoms with Crippen LogP contribution >= 0.6 is 15.9 Å². The van der Waals surface area contributed by atoms with E-state index in [4.69, 9.17) is 10.5 Å². The van der Waals surface area contributed by atoms with E-state index >= 15 is 0 Å². The first-order valence-corrected chi connectivity index (χ1v) is 5.59. The Morgan fingerprint density at radius 2 is 1.94 bits per heavy atom. The van der Waals surface area contributed by atoms with Crippen molar-refractivity contribution >= 4 is 21.9 Å². The van der Waals surface area contributed by atoms with E-state index in [0.29, 0.717) is 5.75 Å². The van der Waals surface area contributed by atoms with Gasteiger partial charge in [-0.2, -0.15) is 0 Å². The monoisotopic (exact) mass is 287 g/mol. The molecule has 0 aliphatic heterocycles. The summed E-state index contributed by atoms with van der Waals surface area (Å²) in [6.07, 6.45) is -0.436. The molecule has 4 nitrogen and oxygen atoms in total. The number of halogens is 1. The summed E-state index contributed by atoms with van der Waals surface area (Å²) in [6, 6.07) is 6.51. The van der Waals surface area contributed by atoms with Crippen molar-refractivity contribution in [3.8, 4) is 5.75 Å². The maximum Gasteiger partial charge on any atom is 0.326 e. The predicted octanol–water partition coefficient (Wildman–Crippen LogP) is 1.72. The highest BCUT2D eigenvalue weighted by Crippen LogP contribution is 2.17. The predicted molar refractivity (Wildman–Crippen MR) is 64.2 cm³/mol. The largest absolute Gasteiger partial charge is 0.488 e. The van der Waals surface area contributed by atoms with Crippen LogP contribution < -0.4 is 10.5 Å². The first-order valence-electron chi connectivity index (χ1n) is 4.80. The average molecular weight is 288 g/mol. The lowest BCUT2D eigenvalue weighted by molar-refractivity contribution is -0.144. The number of nitrogens with two attached hydrogens (primary N) is 1. The molecule has 0 saturated heterocycles. The normalized spacial score (nSPS) is 14.0. The zero-order valence-corrected chi connectivity index (χ0v) is 10.7. The molecule has 1 rings (SSSR count).